The molecule has 0 spiro atoms. The fraction of sp³-hybridized carbons (Fsp3) is 0.483. The smallest absolute Gasteiger partial charge is 0.201 e. The normalized spacial score (nSPS) is 26.9. The molecule has 6 atom stereocenters. The highest BCUT2D eigenvalue weighted by atomic mass is 16.7. The molecule has 0 amide bonds. The molecule has 4 heterocycles. The Labute approximate surface area is 234 Å². The Bertz CT molecular complexity index is 1540. The zero-order chi connectivity index (χ0) is 29.2. The minimum atomic E-state index is -1.57. The summed E-state index contributed by atoms with van der Waals surface area (Å²) in [5.41, 5.74) is 0.692. The third kappa shape index (κ3) is 4.42. The summed E-state index contributed by atoms with van der Waals surface area (Å²) in [5.74, 6) is 2.30. The van der Waals surface area contributed by atoms with Crippen LogP contribution in [0.1, 0.15) is 25.2 Å². The number of aliphatic hydroxyl groups is 4. The molecule has 12 nitrogen and oxygen atoms in total. The van der Waals surface area contributed by atoms with Crippen molar-refractivity contribution in [2.45, 2.75) is 69.3 Å². The van der Waals surface area contributed by atoms with E-state index in [0.717, 1.165) is 0 Å². The quantitative estimate of drug-likeness (QED) is 0.335. The second-order valence-electron chi connectivity index (χ2n) is 10.9. The first-order chi connectivity index (χ1) is 19.6. The first-order valence-electron chi connectivity index (χ1n) is 13.2. The van der Waals surface area contributed by atoms with E-state index in [4.69, 9.17) is 32.8 Å². The zero-order valence-electron chi connectivity index (χ0n) is 22.9. The van der Waals surface area contributed by atoms with Gasteiger partial charge < -0.3 is 53.3 Å². The van der Waals surface area contributed by atoms with Gasteiger partial charge in [0.2, 0.25) is 5.43 Å². The van der Waals surface area contributed by atoms with E-state index >= 15 is 0 Å². The lowest BCUT2D eigenvalue weighted by atomic mass is 9.94. The van der Waals surface area contributed by atoms with Gasteiger partial charge in [-0.2, -0.15) is 0 Å². The zero-order valence-corrected chi connectivity index (χ0v) is 22.9. The lowest BCUT2D eigenvalue weighted by molar-refractivity contribution is -0.329. The summed E-state index contributed by atoms with van der Waals surface area (Å²) in [5, 5.41) is 40.6. The minimum absolute atomic E-state index is 0.0443. The number of aliphatic hydroxyl groups excluding tert-OH is 4. The van der Waals surface area contributed by atoms with Gasteiger partial charge in [0.05, 0.1) is 31.8 Å². The Morgan fingerprint density at radius 1 is 1.00 bits per heavy atom. The van der Waals surface area contributed by atoms with Gasteiger partial charge in [0.25, 0.3) is 0 Å². The average Bonchev–Trinajstić information content (AvgIpc) is 3.42. The first kappa shape index (κ1) is 27.8. The van der Waals surface area contributed by atoms with E-state index in [0.29, 0.717) is 62.8 Å². The molecule has 220 valence electrons. The van der Waals surface area contributed by atoms with Gasteiger partial charge in [0.15, 0.2) is 23.5 Å². The van der Waals surface area contributed by atoms with Crippen LogP contribution in [0.15, 0.2) is 33.5 Å². The van der Waals surface area contributed by atoms with Crippen molar-refractivity contribution < 1.29 is 53.3 Å². The molecule has 41 heavy (non-hydrogen) atoms. The van der Waals surface area contributed by atoms with Gasteiger partial charge in [0, 0.05) is 23.6 Å². The maximum atomic E-state index is 13.8. The Kier molecular flexibility index (Phi) is 6.88. The Morgan fingerprint density at radius 2 is 1.73 bits per heavy atom. The van der Waals surface area contributed by atoms with E-state index in [-0.39, 0.29) is 12.0 Å². The summed E-state index contributed by atoms with van der Waals surface area (Å²) >= 11 is 0. The summed E-state index contributed by atoms with van der Waals surface area (Å²) in [7, 11) is 3.04. The topological polar surface area (TPSA) is 167 Å². The molecule has 12 heteroatoms. The van der Waals surface area contributed by atoms with Gasteiger partial charge in [-0.05, 0) is 32.0 Å². The fourth-order valence-corrected chi connectivity index (χ4v) is 5.64. The molecule has 0 unspecified atom stereocenters. The summed E-state index contributed by atoms with van der Waals surface area (Å²) in [4.78, 5) is 13.8. The van der Waals surface area contributed by atoms with Crippen LogP contribution in [0.3, 0.4) is 0 Å². The predicted molar refractivity (Wildman–Crippen MR) is 142 cm³/mol. The molecule has 3 aliphatic heterocycles. The van der Waals surface area contributed by atoms with Crippen molar-refractivity contribution >= 4 is 11.0 Å². The molecular weight excluding hydrogens is 540 g/mol. The van der Waals surface area contributed by atoms with Crippen LogP contribution in [0.2, 0.25) is 0 Å². The summed E-state index contributed by atoms with van der Waals surface area (Å²) < 4.78 is 40.8. The summed E-state index contributed by atoms with van der Waals surface area (Å²) in [6.07, 6.45) is -7.34. The minimum Gasteiger partial charge on any atom is -0.493 e. The molecule has 1 aromatic heterocycles. The first-order valence-corrected chi connectivity index (χ1v) is 13.2. The number of rotatable bonds is 6. The van der Waals surface area contributed by atoms with Crippen molar-refractivity contribution in [3.63, 3.8) is 0 Å². The van der Waals surface area contributed by atoms with E-state index in [1.165, 1.54) is 14.2 Å². The number of benzene rings is 2. The second-order valence-corrected chi connectivity index (χ2v) is 10.9. The number of hydrogen-bond acceptors (Lipinski definition) is 12. The Hall–Kier alpha value is -3.39. The van der Waals surface area contributed by atoms with Crippen LogP contribution < -0.4 is 24.4 Å². The highest BCUT2D eigenvalue weighted by Gasteiger charge is 2.48. The Balaban J connectivity index is 1.32. The largest absolute Gasteiger partial charge is 0.493 e. The summed E-state index contributed by atoms with van der Waals surface area (Å²) in [6.45, 7) is 2.94. The second kappa shape index (κ2) is 10.2. The predicted octanol–water partition coefficient (Wildman–Crippen LogP) is 1.27. The highest BCUT2D eigenvalue weighted by molar-refractivity contribution is 5.89. The lowest BCUT2D eigenvalue weighted by Crippen LogP contribution is -2.61. The molecule has 2 aromatic carbocycles. The molecule has 1 saturated heterocycles. The summed E-state index contributed by atoms with van der Waals surface area (Å²) in [6, 6.07) is 6.74. The van der Waals surface area contributed by atoms with Crippen LogP contribution in [0.4, 0.5) is 0 Å². The Morgan fingerprint density at radius 3 is 2.44 bits per heavy atom. The third-order valence-electron chi connectivity index (χ3n) is 8.01. The van der Waals surface area contributed by atoms with Crippen molar-refractivity contribution in [2.24, 2.45) is 0 Å². The van der Waals surface area contributed by atoms with E-state index in [1.54, 1.807) is 38.1 Å². The number of ether oxygens (including phenoxy) is 6. The van der Waals surface area contributed by atoms with E-state index in [9.17, 15) is 25.2 Å². The highest BCUT2D eigenvalue weighted by Crippen LogP contribution is 2.45. The molecule has 6 rings (SSSR count). The van der Waals surface area contributed by atoms with Crippen molar-refractivity contribution in [3.8, 4) is 34.1 Å². The van der Waals surface area contributed by atoms with E-state index < -0.39 is 49.0 Å². The van der Waals surface area contributed by atoms with Gasteiger partial charge in [-0.25, -0.2) is 0 Å². The molecule has 0 aliphatic carbocycles. The van der Waals surface area contributed by atoms with Crippen molar-refractivity contribution in [2.75, 3.05) is 20.8 Å². The van der Waals surface area contributed by atoms with E-state index in [2.05, 4.69) is 0 Å². The molecule has 0 saturated carbocycles. The molecule has 0 radical (unpaired) electrons. The molecular formula is C29H32O12. The third-order valence-corrected chi connectivity index (χ3v) is 8.01. The molecule has 1 fully saturated rings. The molecule has 0 bridgehead atoms. The maximum Gasteiger partial charge on any atom is 0.201 e. The SMILES string of the molecule is COc1cc2c(cc1OC)-c1c(oc3c4c(ccc3c1=O)O[C@@H](C(C)(C)O[C@@H]1O[C@H](CO)[C@@H](O)[C@H](O)[C@H]1O)C4)CO2. The van der Waals surface area contributed by atoms with Crippen LogP contribution >= 0.6 is 0 Å². The van der Waals surface area contributed by atoms with Crippen LogP contribution in [0, 0.1) is 0 Å². The fourth-order valence-electron chi connectivity index (χ4n) is 5.64. The van der Waals surface area contributed by atoms with Crippen LogP contribution in [0.25, 0.3) is 22.1 Å². The van der Waals surface area contributed by atoms with Gasteiger partial charge in [-0.15, -0.1) is 0 Å². The van der Waals surface area contributed by atoms with Crippen molar-refractivity contribution in [1.82, 2.24) is 0 Å². The monoisotopic (exact) mass is 572 g/mol. The van der Waals surface area contributed by atoms with Crippen molar-refractivity contribution in [1.29, 1.82) is 0 Å². The molecule has 3 aromatic rings. The number of methoxy groups -OCH3 is 2. The van der Waals surface area contributed by atoms with Gasteiger partial charge >= 0.3 is 0 Å². The van der Waals surface area contributed by atoms with Crippen LogP contribution in [-0.4, -0.2) is 83.7 Å². The van der Waals surface area contributed by atoms with E-state index in [1.807, 2.05) is 0 Å². The van der Waals surface area contributed by atoms with Gasteiger partial charge in [0.1, 0.15) is 59.8 Å². The number of fused-ring (bicyclic) bond motifs is 6. The van der Waals surface area contributed by atoms with Crippen molar-refractivity contribution in [3.05, 3.63) is 45.8 Å². The van der Waals surface area contributed by atoms with Crippen LogP contribution in [0.5, 0.6) is 23.0 Å². The standard InChI is InChI=1S/C29H32O12/c1-29(2,41-28-26(34)25(33)24(32)19(10-30)40-28)21-8-14-15(38-21)6-5-12-23(31)22-13-7-17(35-3)18(36-4)9-16(13)37-11-20(22)39-27(12)14/h5-7,9,19,21,24-26,28,30,32-34H,8,10-11H2,1-4H3/t19-,21-,24-,25+,26-,28+/m1/s1. The molecule has 4 N–H and O–H groups in total. The van der Waals surface area contributed by atoms with Gasteiger partial charge in [-0.1, -0.05) is 0 Å². The average molecular weight is 573 g/mol. The number of hydrogen-bond donors (Lipinski definition) is 4. The van der Waals surface area contributed by atoms with Crippen LogP contribution in [-0.2, 0) is 22.5 Å². The lowest BCUT2D eigenvalue weighted by Gasteiger charge is -2.43. The maximum absolute atomic E-state index is 13.8. The molecule has 3 aliphatic rings. The van der Waals surface area contributed by atoms with Gasteiger partial charge in [-0.3, -0.25) is 4.79 Å².